The van der Waals surface area contributed by atoms with E-state index in [0.29, 0.717) is 35.4 Å². The van der Waals surface area contributed by atoms with Crippen LogP contribution in [0, 0.1) is 6.92 Å². The first kappa shape index (κ1) is 29.7. The third-order valence-electron chi connectivity index (χ3n) is 7.09. The van der Waals surface area contributed by atoms with E-state index in [2.05, 4.69) is 5.32 Å². The number of nitrogens with one attached hydrogen (secondary N) is 1. The van der Waals surface area contributed by atoms with E-state index >= 15 is 0 Å². The zero-order valence-corrected chi connectivity index (χ0v) is 25.7. The highest BCUT2D eigenvalue weighted by Crippen LogP contribution is 2.50. The van der Waals surface area contributed by atoms with Gasteiger partial charge in [0.15, 0.2) is 0 Å². The van der Waals surface area contributed by atoms with Crippen LogP contribution in [-0.4, -0.2) is 73.1 Å². The molecule has 0 radical (unpaired) electrons. The summed E-state index contributed by atoms with van der Waals surface area (Å²) in [7, 11) is 5.54. The van der Waals surface area contributed by atoms with Crippen molar-refractivity contribution >= 4 is 41.0 Å². The fraction of sp³-hybridized carbons (Fsp3) is 0.281. The zero-order valence-electron chi connectivity index (χ0n) is 24.1. The second-order valence-corrected chi connectivity index (χ2v) is 11.9. The molecule has 1 N–H and O–H groups in total. The van der Waals surface area contributed by atoms with Crippen molar-refractivity contribution in [2.45, 2.75) is 12.2 Å². The number of halogens is 1. The number of rotatable bonds is 9. The lowest BCUT2D eigenvalue weighted by molar-refractivity contribution is -0.122. The number of thioether (sulfide) groups is 1. The number of hydrogen-bond donors (Lipinski definition) is 1. The first-order valence-corrected chi connectivity index (χ1v) is 15.1. The molecule has 1 aliphatic rings. The van der Waals surface area contributed by atoms with Crippen LogP contribution in [0.15, 0.2) is 72.8 Å². The average molecular weight is 604 g/mol. The summed E-state index contributed by atoms with van der Waals surface area (Å²) in [6, 6.07) is 23.3. The van der Waals surface area contributed by atoms with Gasteiger partial charge in [-0.15, -0.1) is 11.8 Å². The first-order chi connectivity index (χ1) is 20.3. The highest BCUT2D eigenvalue weighted by Gasteiger charge is 2.38. The number of likely N-dealkylation sites (N-methyl/N-ethyl adjacent to an activating group) is 1. The van der Waals surface area contributed by atoms with Crippen molar-refractivity contribution in [3.05, 3.63) is 94.5 Å². The fourth-order valence-corrected chi connectivity index (χ4v) is 6.30. The maximum atomic E-state index is 13.9. The number of fused-ring (bicyclic) bond motifs is 1. The summed E-state index contributed by atoms with van der Waals surface area (Å²) in [4.78, 5) is 30.7. The Morgan fingerprint density at radius 2 is 1.81 bits per heavy atom. The SMILES string of the molecule is COc1ccccc1[C@H]1SCC(=O)N(CC(=O)NCCN(C)C)c2c1c(-c1ccc(Cl)cc1)nn2-c1ccc(C)cc1. The van der Waals surface area contributed by atoms with E-state index < -0.39 is 0 Å². The van der Waals surface area contributed by atoms with Gasteiger partial charge in [-0.1, -0.05) is 59.6 Å². The van der Waals surface area contributed by atoms with Crippen LogP contribution in [0.25, 0.3) is 16.9 Å². The van der Waals surface area contributed by atoms with E-state index in [1.807, 2.05) is 98.7 Å². The molecule has 0 saturated heterocycles. The number of carbonyl (C=O) groups excluding carboxylic acids is 2. The number of amides is 2. The van der Waals surface area contributed by atoms with E-state index in [4.69, 9.17) is 21.4 Å². The van der Waals surface area contributed by atoms with E-state index in [9.17, 15) is 9.59 Å². The smallest absolute Gasteiger partial charge is 0.240 e. The van der Waals surface area contributed by atoms with Gasteiger partial charge in [-0.2, -0.15) is 5.10 Å². The van der Waals surface area contributed by atoms with Gasteiger partial charge in [-0.3, -0.25) is 14.5 Å². The molecule has 2 heterocycles. The molecule has 1 aliphatic heterocycles. The highest BCUT2D eigenvalue weighted by atomic mass is 35.5. The quantitative estimate of drug-likeness (QED) is 0.278. The molecule has 0 spiro atoms. The third kappa shape index (κ3) is 6.33. The lowest BCUT2D eigenvalue weighted by atomic mass is 9.99. The molecule has 0 aliphatic carbocycles. The Labute approximate surface area is 255 Å². The monoisotopic (exact) mass is 603 g/mol. The Kier molecular flexibility index (Phi) is 9.21. The number of aromatic nitrogens is 2. The number of aryl methyl sites for hydroxylation is 1. The van der Waals surface area contributed by atoms with Crippen LogP contribution < -0.4 is 15.0 Å². The lowest BCUT2D eigenvalue weighted by Crippen LogP contribution is -2.43. The lowest BCUT2D eigenvalue weighted by Gasteiger charge is -2.24. The first-order valence-electron chi connectivity index (χ1n) is 13.7. The molecule has 4 aromatic rings. The molecule has 0 unspecified atom stereocenters. The van der Waals surface area contributed by atoms with Crippen molar-refractivity contribution in [2.24, 2.45) is 0 Å². The summed E-state index contributed by atoms with van der Waals surface area (Å²) in [5, 5.41) is 8.41. The van der Waals surface area contributed by atoms with Gasteiger partial charge in [0, 0.05) is 34.8 Å². The van der Waals surface area contributed by atoms with Crippen molar-refractivity contribution in [2.75, 3.05) is 51.5 Å². The van der Waals surface area contributed by atoms with Crippen LogP contribution in [0.3, 0.4) is 0 Å². The molecule has 218 valence electrons. The number of carbonyl (C=O) groups is 2. The van der Waals surface area contributed by atoms with Gasteiger partial charge in [0.1, 0.15) is 18.1 Å². The minimum absolute atomic E-state index is 0.129. The fourth-order valence-electron chi connectivity index (χ4n) is 4.95. The molecule has 2 amide bonds. The van der Waals surface area contributed by atoms with Gasteiger partial charge >= 0.3 is 0 Å². The average Bonchev–Trinajstić information content (AvgIpc) is 3.30. The maximum absolute atomic E-state index is 13.9. The van der Waals surface area contributed by atoms with E-state index in [0.717, 1.165) is 27.9 Å². The molecular weight excluding hydrogens is 570 g/mol. The normalized spacial score (nSPS) is 15.0. The summed E-state index contributed by atoms with van der Waals surface area (Å²) < 4.78 is 7.57. The molecule has 8 nitrogen and oxygen atoms in total. The van der Waals surface area contributed by atoms with Crippen molar-refractivity contribution < 1.29 is 14.3 Å². The Balaban J connectivity index is 1.75. The number of benzene rings is 3. The summed E-state index contributed by atoms with van der Waals surface area (Å²) >= 11 is 7.77. The minimum atomic E-state index is -0.299. The Hall–Kier alpha value is -3.79. The molecule has 0 saturated carbocycles. The van der Waals surface area contributed by atoms with E-state index in [1.165, 1.54) is 11.8 Å². The molecule has 0 bridgehead atoms. The van der Waals surface area contributed by atoms with Gasteiger partial charge in [-0.05, 0) is 51.4 Å². The van der Waals surface area contributed by atoms with Crippen LogP contribution in [0.5, 0.6) is 5.75 Å². The maximum Gasteiger partial charge on any atom is 0.240 e. The standard InChI is InChI=1S/C32H34ClN5O3S/c1-21-9-15-24(16-10-21)38-32-29(30(35-38)22-11-13-23(33)14-12-22)31(25-7-5-6-8-26(25)41-4)42-20-28(40)37(32)19-27(39)34-17-18-36(2)3/h5-16,31H,17-20H2,1-4H3,(H,34,39)/t31-/m1/s1. The summed E-state index contributed by atoms with van der Waals surface area (Å²) in [5.74, 6) is 1.06. The van der Waals surface area contributed by atoms with Crippen LogP contribution in [-0.2, 0) is 9.59 Å². The topological polar surface area (TPSA) is 79.7 Å². The van der Waals surface area contributed by atoms with Gasteiger partial charge in [-0.25, -0.2) is 4.68 Å². The zero-order chi connectivity index (χ0) is 29.8. The van der Waals surface area contributed by atoms with Crippen LogP contribution in [0.1, 0.15) is 21.9 Å². The molecule has 42 heavy (non-hydrogen) atoms. The van der Waals surface area contributed by atoms with Crippen molar-refractivity contribution in [1.82, 2.24) is 20.0 Å². The Bertz CT molecular complexity index is 1570. The summed E-state index contributed by atoms with van der Waals surface area (Å²) in [6.45, 7) is 3.07. The number of ether oxygens (including phenoxy) is 1. The second kappa shape index (κ2) is 13.0. The molecule has 3 aromatic carbocycles. The van der Waals surface area contributed by atoms with E-state index in [-0.39, 0.29) is 29.4 Å². The van der Waals surface area contributed by atoms with Gasteiger partial charge in [0.2, 0.25) is 11.8 Å². The molecule has 0 fully saturated rings. The minimum Gasteiger partial charge on any atom is -0.496 e. The summed E-state index contributed by atoms with van der Waals surface area (Å²) in [6.07, 6.45) is 0. The predicted molar refractivity (Wildman–Crippen MR) is 170 cm³/mol. The van der Waals surface area contributed by atoms with Gasteiger partial charge in [0.25, 0.3) is 0 Å². The van der Waals surface area contributed by atoms with Gasteiger partial charge < -0.3 is 15.0 Å². The summed E-state index contributed by atoms with van der Waals surface area (Å²) in [5.41, 5.74) is 5.21. The molecule has 5 rings (SSSR count). The van der Waals surface area contributed by atoms with Gasteiger partial charge in [0.05, 0.1) is 29.5 Å². The van der Waals surface area contributed by atoms with Crippen molar-refractivity contribution in [1.29, 1.82) is 0 Å². The second-order valence-electron chi connectivity index (χ2n) is 10.4. The number of methoxy groups -OCH3 is 1. The van der Waals surface area contributed by atoms with E-state index in [1.54, 1.807) is 16.7 Å². The third-order valence-corrected chi connectivity index (χ3v) is 8.58. The molecular formula is C32H34ClN5O3S. The van der Waals surface area contributed by atoms with Crippen LogP contribution in [0.2, 0.25) is 5.02 Å². The largest absolute Gasteiger partial charge is 0.496 e. The predicted octanol–water partition coefficient (Wildman–Crippen LogP) is 5.36. The van der Waals surface area contributed by atoms with Crippen LogP contribution >= 0.6 is 23.4 Å². The van der Waals surface area contributed by atoms with Crippen molar-refractivity contribution in [3.63, 3.8) is 0 Å². The van der Waals surface area contributed by atoms with Crippen molar-refractivity contribution in [3.8, 4) is 22.7 Å². The molecule has 1 aromatic heterocycles. The Morgan fingerprint density at radius 1 is 1.10 bits per heavy atom. The number of nitrogens with zero attached hydrogens (tertiary/aromatic N) is 4. The Morgan fingerprint density at radius 3 is 2.50 bits per heavy atom. The number of hydrogen-bond acceptors (Lipinski definition) is 6. The molecule has 10 heteroatoms. The van der Waals surface area contributed by atoms with Crippen LogP contribution in [0.4, 0.5) is 5.82 Å². The highest BCUT2D eigenvalue weighted by molar-refractivity contribution is 8.00. The molecule has 1 atom stereocenters. The number of para-hydroxylation sites is 1. The number of anilines is 1.